The third-order valence-corrected chi connectivity index (χ3v) is 6.10. The third-order valence-electron chi connectivity index (χ3n) is 6.10. The van der Waals surface area contributed by atoms with Gasteiger partial charge in [-0.3, -0.25) is 4.79 Å². The molecular weight excluding hydrogens is 382 g/mol. The van der Waals surface area contributed by atoms with Crippen molar-refractivity contribution in [2.24, 2.45) is 11.1 Å². The maximum Gasteiger partial charge on any atom is 0.234 e. The Morgan fingerprint density at radius 1 is 1.30 bits per heavy atom. The van der Waals surface area contributed by atoms with Crippen molar-refractivity contribution in [2.45, 2.75) is 64.2 Å². The largest absolute Gasteiger partial charge is 0.391 e. The van der Waals surface area contributed by atoms with E-state index in [1.165, 1.54) is 0 Å². The Morgan fingerprint density at radius 3 is 2.67 bits per heavy atom. The van der Waals surface area contributed by atoms with Crippen molar-refractivity contribution in [3.8, 4) is 0 Å². The second-order valence-electron chi connectivity index (χ2n) is 8.94. The number of nitrogens with zero attached hydrogens (tertiary/aromatic N) is 3. The number of aliphatic hydroxyl groups excluding tert-OH is 1. The number of aliphatic hydroxyl groups is 1. The van der Waals surface area contributed by atoms with Crippen LogP contribution in [-0.4, -0.2) is 45.5 Å². The number of carbonyl (C=O) groups excluding carboxylic acids is 1. The van der Waals surface area contributed by atoms with Gasteiger partial charge in [0.2, 0.25) is 5.91 Å². The number of β-amino-alcohol motifs (C(OH)–C–C–N with tert-alkyl or cyclic N) is 1. The zero-order chi connectivity index (χ0) is 21.5. The highest BCUT2D eigenvalue weighted by Crippen LogP contribution is 2.38. The Hall–Kier alpha value is -2.67. The lowest BCUT2D eigenvalue weighted by Crippen LogP contribution is -2.44. The summed E-state index contributed by atoms with van der Waals surface area (Å²) in [6.07, 6.45) is 0.444. The Bertz CT molecular complexity index is 939. The first-order valence-electron chi connectivity index (χ1n) is 10.5. The highest BCUT2D eigenvalue weighted by molar-refractivity contribution is 5.96. The Balaban J connectivity index is 1.57. The van der Waals surface area contributed by atoms with E-state index in [0.717, 1.165) is 17.0 Å². The van der Waals surface area contributed by atoms with Gasteiger partial charge in [-0.2, -0.15) is 0 Å². The van der Waals surface area contributed by atoms with E-state index >= 15 is 0 Å². The molecule has 1 N–H and O–H groups in total. The number of rotatable bonds is 5. The van der Waals surface area contributed by atoms with Crippen molar-refractivity contribution in [1.82, 2.24) is 10.1 Å². The van der Waals surface area contributed by atoms with Crippen molar-refractivity contribution >= 4 is 11.6 Å². The van der Waals surface area contributed by atoms with Gasteiger partial charge in [0.05, 0.1) is 23.6 Å². The molecule has 0 saturated carbocycles. The Kier molecular flexibility index (Phi) is 5.40. The van der Waals surface area contributed by atoms with Gasteiger partial charge in [-0.15, -0.1) is 0 Å². The molecule has 4 rings (SSSR count). The summed E-state index contributed by atoms with van der Waals surface area (Å²) < 4.78 is 5.43. The van der Waals surface area contributed by atoms with Crippen molar-refractivity contribution in [1.29, 1.82) is 0 Å². The van der Waals surface area contributed by atoms with Crippen molar-refractivity contribution in [3.63, 3.8) is 0 Å². The predicted molar refractivity (Wildman–Crippen MR) is 112 cm³/mol. The molecule has 160 valence electrons. The zero-order valence-electron chi connectivity index (χ0n) is 17.9. The Morgan fingerprint density at radius 2 is 2.03 bits per heavy atom. The van der Waals surface area contributed by atoms with Crippen LogP contribution in [0.1, 0.15) is 56.5 Å². The van der Waals surface area contributed by atoms with Crippen LogP contribution < -0.4 is 0 Å². The van der Waals surface area contributed by atoms with E-state index in [0.29, 0.717) is 18.6 Å². The lowest BCUT2D eigenvalue weighted by Gasteiger charge is -2.29. The molecular formula is C23H29N3O4. The van der Waals surface area contributed by atoms with Crippen LogP contribution in [0, 0.1) is 12.8 Å². The molecule has 7 heteroatoms. The van der Waals surface area contributed by atoms with Gasteiger partial charge in [0.25, 0.3) is 0 Å². The minimum absolute atomic E-state index is 0.0274. The fourth-order valence-electron chi connectivity index (χ4n) is 4.51. The average Bonchev–Trinajstić information content (AvgIpc) is 3.41. The zero-order valence-corrected chi connectivity index (χ0v) is 17.9. The molecule has 0 aliphatic carbocycles. The summed E-state index contributed by atoms with van der Waals surface area (Å²) in [5, 5.41) is 18.7. The van der Waals surface area contributed by atoms with E-state index in [1.54, 1.807) is 4.90 Å². The van der Waals surface area contributed by atoms with Crippen LogP contribution >= 0.6 is 0 Å². The van der Waals surface area contributed by atoms with Crippen molar-refractivity contribution in [2.75, 3.05) is 6.54 Å². The highest BCUT2D eigenvalue weighted by atomic mass is 16.7. The number of amides is 1. The van der Waals surface area contributed by atoms with Gasteiger partial charge in [-0.25, -0.2) is 0 Å². The minimum Gasteiger partial charge on any atom is -0.391 e. The molecule has 3 heterocycles. The van der Waals surface area contributed by atoms with Crippen LogP contribution in [-0.2, 0) is 15.2 Å². The van der Waals surface area contributed by atoms with E-state index in [1.807, 2.05) is 64.1 Å². The van der Waals surface area contributed by atoms with E-state index in [-0.39, 0.29) is 24.4 Å². The molecule has 30 heavy (non-hydrogen) atoms. The fourth-order valence-corrected chi connectivity index (χ4v) is 4.51. The molecule has 1 aromatic carbocycles. The molecule has 7 nitrogen and oxygen atoms in total. The number of carbonyl (C=O) groups is 1. The van der Waals surface area contributed by atoms with Crippen LogP contribution in [0.3, 0.4) is 0 Å². The molecule has 2 aromatic rings. The van der Waals surface area contributed by atoms with Crippen LogP contribution in [0.15, 0.2) is 46.1 Å². The molecule has 0 radical (unpaired) electrons. The molecule has 0 bridgehead atoms. The van der Waals surface area contributed by atoms with Gasteiger partial charge < -0.3 is 19.4 Å². The standard InChI is InChI=1S/C23H29N3O4/c1-14(2)21(20-10-15(3)24-29-20)22(28)26-13-17(27)11-19(26)18-12-23(4,30-25-18)16-8-6-5-7-9-16/h5-10,14,17,19,21,27H,11-13H2,1-4H3/t17-,19+,21+,23+/m1/s1. The maximum atomic E-state index is 13.6. The first-order valence-corrected chi connectivity index (χ1v) is 10.5. The summed E-state index contributed by atoms with van der Waals surface area (Å²) in [5.41, 5.74) is 2.01. The molecule has 1 amide bonds. The lowest BCUT2D eigenvalue weighted by atomic mass is 9.87. The normalized spacial score (nSPS) is 27.3. The van der Waals surface area contributed by atoms with E-state index < -0.39 is 17.6 Å². The number of likely N-dealkylation sites (tertiary alicyclic amines) is 1. The molecule has 1 fully saturated rings. The molecule has 2 aliphatic heterocycles. The van der Waals surface area contributed by atoms with Crippen LogP contribution in [0.25, 0.3) is 0 Å². The van der Waals surface area contributed by atoms with E-state index in [4.69, 9.17) is 9.36 Å². The number of hydrogen-bond acceptors (Lipinski definition) is 6. The van der Waals surface area contributed by atoms with E-state index in [9.17, 15) is 9.90 Å². The molecule has 1 saturated heterocycles. The summed E-state index contributed by atoms with van der Waals surface area (Å²) in [6, 6.07) is 11.5. The summed E-state index contributed by atoms with van der Waals surface area (Å²) in [7, 11) is 0. The summed E-state index contributed by atoms with van der Waals surface area (Å²) in [4.78, 5) is 21.2. The van der Waals surface area contributed by atoms with Gasteiger partial charge in [0.1, 0.15) is 11.7 Å². The minimum atomic E-state index is -0.588. The quantitative estimate of drug-likeness (QED) is 0.815. The highest BCUT2D eigenvalue weighted by Gasteiger charge is 2.46. The third kappa shape index (κ3) is 3.74. The molecule has 0 unspecified atom stereocenters. The Labute approximate surface area is 176 Å². The fraction of sp³-hybridized carbons (Fsp3) is 0.522. The SMILES string of the molecule is Cc1cc([C@@H](C(=O)N2C[C@H](O)C[C@H]2C2=NO[C@](C)(c3ccccc3)C2)C(C)C)on1. The maximum absolute atomic E-state index is 13.6. The molecule has 1 aromatic heterocycles. The van der Waals surface area contributed by atoms with Crippen molar-refractivity contribution < 1.29 is 19.3 Å². The van der Waals surface area contributed by atoms with Crippen molar-refractivity contribution in [3.05, 3.63) is 53.4 Å². The first-order chi connectivity index (χ1) is 14.3. The van der Waals surface area contributed by atoms with Gasteiger partial charge in [-0.05, 0) is 25.3 Å². The van der Waals surface area contributed by atoms with Gasteiger partial charge in [-0.1, -0.05) is 54.5 Å². The first kappa shape index (κ1) is 20.6. The summed E-state index contributed by atoms with van der Waals surface area (Å²) >= 11 is 0. The van der Waals surface area contributed by atoms with Crippen LogP contribution in [0.5, 0.6) is 0 Å². The summed E-state index contributed by atoms with van der Waals surface area (Å²) in [5.74, 6) is 0.0621. The smallest absolute Gasteiger partial charge is 0.234 e. The molecule has 0 spiro atoms. The predicted octanol–water partition coefficient (Wildman–Crippen LogP) is 3.38. The van der Waals surface area contributed by atoms with Crippen LogP contribution in [0.2, 0.25) is 0 Å². The van der Waals surface area contributed by atoms with Gasteiger partial charge in [0, 0.05) is 25.5 Å². The molecule has 4 atom stereocenters. The average molecular weight is 412 g/mol. The van der Waals surface area contributed by atoms with Gasteiger partial charge >= 0.3 is 0 Å². The monoisotopic (exact) mass is 411 g/mol. The molecule has 2 aliphatic rings. The summed E-state index contributed by atoms with van der Waals surface area (Å²) in [6.45, 7) is 8.10. The number of aromatic nitrogens is 1. The number of benzene rings is 1. The van der Waals surface area contributed by atoms with E-state index in [2.05, 4.69) is 10.3 Å². The number of hydrogen-bond donors (Lipinski definition) is 1. The number of aryl methyl sites for hydroxylation is 1. The second-order valence-corrected chi connectivity index (χ2v) is 8.94. The van der Waals surface area contributed by atoms with Crippen LogP contribution in [0.4, 0.5) is 0 Å². The lowest BCUT2D eigenvalue weighted by molar-refractivity contribution is -0.134. The topological polar surface area (TPSA) is 88.2 Å². The second kappa shape index (κ2) is 7.87. The number of oxime groups is 1. The van der Waals surface area contributed by atoms with Gasteiger partial charge in [0.15, 0.2) is 5.60 Å².